The molecular weight excluding hydrogens is 402 g/mol. The van der Waals surface area contributed by atoms with Crippen molar-refractivity contribution in [2.24, 2.45) is 4.99 Å². The number of benzene rings is 1. The molecule has 1 atom stereocenters. The highest BCUT2D eigenvalue weighted by atomic mass is 16.5. The van der Waals surface area contributed by atoms with E-state index in [1.807, 2.05) is 11.9 Å². The molecule has 1 aromatic rings. The van der Waals surface area contributed by atoms with Gasteiger partial charge in [0, 0.05) is 59.5 Å². The van der Waals surface area contributed by atoms with Crippen LogP contribution in [0.2, 0.25) is 0 Å². The number of rotatable bonds is 7. The Morgan fingerprint density at radius 1 is 1.06 bits per heavy atom. The third-order valence-electron chi connectivity index (χ3n) is 6.94. The Bertz CT molecular complexity index is 769. The van der Waals surface area contributed by atoms with Crippen LogP contribution in [0.25, 0.3) is 0 Å². The molecule has 176 valence electrons. The Morgan fingerprint density at radius 2 is 1.84 bits per heavy atom. The molecule has 0 bridgehead atoms. The molecule has 7 nitrogen and oxygen atoms in total. The van der Waals surface area contributed by atoms with Gasteiger partial charge in [0.2, 0.25) is 5.91 Å². The predicted octanol–water partition coefficient (Wildman–Crippen LogP) is 2.29. The van der Waals surface area contributed by atoms with E-state index < -0.39 is 0 Å². The Kier molecular flexibility index (Phi) is 8.40. The largest absolute Gasteiger partial charge is 0.373 e. The smallest absolute Gasteiger partial charge is 0.236 e. The molecule has 1 unspecified atom stereocenters. The van der Waals surface area contributed by atoms with Gasteiger partial charge < -0.3 is 19.9 Å². The minimum Gasteiger partial charge on any atom is -0.373 e. The van der Waals surface area contributed by atoms with Crippen LogP contribution in [0, 0.1) is 0 Å². The standard InChI is InChI=1S/C25H39N5O2/c1-26-25(30-17-15-28(16-18-30)20-24(31)29-13-4-5-14-29)27-12-7-19-32-23-11-6-9-21-8-2-3-10-22(21)23/h2-3,8,10,23H,4-7,9,11-20H2,1H3,(H,26,27). The number of hydrogen-bond donors (Lipinski definition) is 1. The van der Waals surface area contributed by atoms with Gasteiger partial charge in [-0.1, -0.05) is 24.3 Å². The van der Waals surface area contributed by atoms with Crippen molar-refractivity contribution in [1.82, 2.24) is 20.0 Å². The number of ether oxygens (including phenoxy) is 1. The molecule has 1 N–H and O–H groups in total. The minimum atomic E-state index is 0.246. The molecule has 0 radical (unpaired) electrons. The fraction of sp³-hybridized carbons (Fsp3) is 0.680. The summed E-state index contributed by atoms with van der Waals surface area (Å²) >= 11 is 0. The number of aliphatic imine (C=N–C) groups is 1. The highest BCUT2D eigenvalue weighted by Gasteiger charge is 2.24. The van der Waals surface area contributed by atoms with Crippen LogP contribution < -0.4 is 5.32 Å². The van der Waals surface area contributed by atoms with Gasteiger partial charge in [0.15, 0.2) is 5.96 Å². The van der Waals surface area contributed by atoms with Gasteiger partial charge in [0.05, 0.1) is 12.6 Å². The SMILES string of the molecule is CN=C(NCCCOC1CCCc2ccccc21)N1CCN(CC(=O)N2CCCC2)CC1. The molecule has 2 aliphatic heterocycles. The van der Waals surface area contributed by atoms with Crippen molar-refractivity contribution >= 4 is 11.9 Å². The van der Waals surface area contributed by atoms with Crippen LogP contribution >= 0.6 is 0 Å². The van der Waals surface area contributed by atoms with Crippen LogP contribution in [-0.2, 0) is 16.0 Å². The first-order valence-electron chi connectivity index (χ1n) is 12.4. The number of piperazine rings is 1. The fourth-order valence-corrected chi connectivity index (χ4v) is 5.09. The summed E-state index contributed by atoms with van der Waals surface area (Å²) in [6, 6.07) is 8.70. The van der Waals surface area contributed by atoms with Crippen LogP contribution in [0.15, 0.2) is 29.3 Å². The van der Waals surface area contributed by atoms with Crippen molar-refractivity contribution in [3.63, 3.8) is 0 Å². The highest BCUT2D eigenvalue weighted by molar-refractivity contribution is 5.80. The Balaban J connectivity index is 1.13. The summed E-state index contributed by atoms with van der Waals surface area (Å²) in [5.74, 6) is 1.25. The van der Waals surface area contributed by atoms with Gasteiger partial charge in [-0.15, -0.1) is 0 Å². The van der Waals surface area contributed by atoms with E-state index in [2.05, 4.69) is 44.4 Å². The molecule has 4 rings (SSSR count). The molecule has 0 saturated carbocycles. The van der Waals surface area contributed by atoms with Crippen LogP contribution in [-0.4, -0.2) is 92.6 Å². The average molecular weight is 442 g/mol. The van der Waals surface area contributed by atoms with Gasteiger partial charge in [0.1, 0.15) is 0 Å². The van der Waals surface area contributed by atoms with Gasteiger partial charge in [-0.3, -0.25) is 14.7 Å². The number of aryl methyl sites for hydroxylation is 1. The lowest BCUT2D eigenvalue weighted by atomic mass is 9.89. The fourth-order valence-electron chi connectivity index (χ4n) is 5.09. The molecule has 7 heteroatoms. The summed E-state index contributed by atoms with van der Waals surface area (Å²) in [4.78, 5) is 23.5. The Morgan fingerprint density at radius 3 is 2.62 bits per heavy atom. The van der Waals surface area contributed by atoms with Crippen LogP contribution in [0.3, 0.4) is 0 Å². The molecule has 2 saturated heterocycles. The van der Waals surface area contributed by atoms with Gasteiger partial charge >= 0.3 is 0 Å². The Hall–Kier alpha value is -2.12. The first-order chi connectivity index (χ1) is 15.7. The van der Waals surface area contributed by atoms with E-state index >= 15 is 0 Å². The van der Waals surface area contributed by atoms with Gasteiger partial charge in [-0.25, -0.2) is 0 Å². The molecule has 2 heterocycles. The van der Waals surface area contributed by atoms with Crippen molar-refractivity contribution in [2.75, 3.05) is 66.0 Å². The van der Waals surface area contributed by atoms with Gasteiger partial charge in [-0.2, -0.15) is 0 Å². The lowest BCUT2D eigenvalue weighted by molar-refractivity contribution is -0.131. The van der Waals surface area contributed by atoms with Gasteiger partial charge in [0.25, 0.3) is 0 Å². The first kappa shape index (κ1) is 23.1. The van der Waals surface area contributed by atoms with Crippen molar-refractivity contribution in [1.29, 1.82) is 0 Å². The van der Waals surface area contributed by atoms with E-state index in [0.717, 1.165) is 84.1 Å². The third kappa shape index (κ3) is 6.01. The number of carbonyl (C=O) groups excluding carboxylic acids is 1. The van der Waals surface area contributed by atoms with Crippen LogP contribution in [0.4, 0.5) is 0 Å². The zero-order valence-corrected chi connectivity index (χ0v) is 19.6. The summed E-state index contributed by atoms with van der Waals surface area (Å²) in [5, 5.41) is 3.50. The second kappa shape index (κ2) is 11.7. The van der Waals surface area contributed by atoms with E-state index in [1.54, 1.807) is 0 Å². The number of carbonyl (C=O) groups is 1. The first-order valence-corrected chi connectivity index (χ1v) is 12.4. The number of guanidine groups is 1. The summed E-state index contributed by atoms with van der Waals surface area (Å²) < 4.78 is 6.23. The van der Waals surface area contributed by atoms with E-state index in [4.69, 9.17) is 4.74 Å². The molecule has 0 spiro atoms. The van der Waals surface area contributed by atoms with E-state index in [9.17, 15) is 4.79 Å². The van der Waals surface area contributed by atoms with Crippen molar-refractivity contribution in [2.45, 2.75) is 44.6 Å². The van der Waals surface area contributed by atoms with Crippen LogP contribution in [0.1, 0.15) is 49.3 Å². The molecule has 1 amide bonds. The van der Waals surface area contributed by atoms with Crippen LogP contribution in [0.5, 0.6) is 0 Å². The zero-order chi connectivity index (χ0) is 22.2. The van der Waals surface area contributed by atoms with E-state index in [-0.39, 0.29) is 6.10 Å². The zero-order valence-electron chi connectivity index (χ0n) is 19.6. The van der Waals surface area contributed by atoms with Gasteiger partial charge in [-0.05, 0) is 49.7 Å². The normalized spacial score (nSPS) is 22.2. The summed E-state index contributed by atoms with van der Waals surface area (Å²) in [5.41, 5.74) is 2.83. The lowest BCUT2D eigenvalue weighted by Gasteiger charge is -2.36. The minimum absolute atomic E-state index is 0.246. The predicted molar refractivity (Wildman–Crippen MR) is 128 cm³/mol. The average Bonchev–Trinajstić information content (AvgIpc) is 3.37. The summed E-state index contributed by atoms with van der Waals surface area (Å²) in [6.07, 6.45) is 7.02. The maximum absolute atomic E-state index is 12.4. The molecule has 1 aromatic carbocycles. The molecule has 0 aromatic heterocycles. The quantitative estimate of drug-likeness (QED) is 0.400. The van der Waals surface area contributed by atoms with Crippen molar-refractivity contribution in [3.8, 4) is 0 Å². The Labute approximate surface area is 192 Å². The van der Waals surface area contributed by atoms with Crippen molar-refractivity contribution in [3.05, 3.63) is 35.4 Å². The number of nitrogens with zero attached hydrogens (tertiary/aromatic N) is 4. The molecule has 2 fully saturated rings. The monoisotopic (exact) mass is 441 g/mol. The second-order valence-electron chi connectivity index (χ2n) is 9.13. The highest BCUT2D eigenvalue weighted by Crippen LogP contribution is 2.32. The number of amides is 1. The molecular formula is C25H39N5O2. The lowest BCUT2D eigenvalue weighted by Crippen LogP contribution is -2.54. The second-order valence-corrected chi connectivity index (χ2v) is 9.13. The van der Waals surface area contributed by atoms with E-state index in [1.165, 1.54) is 24.0 Å². The topological polar surface area (TPSA) is 60.4 Å². The van der Waals surface area contributed by atoms with E-state index in [0.29, 0.717) is 12.5 Å². The molecule has 3 aliphatic rings. The number of fused-ring (bicyclic) bond motifs is 1. The maximum atomic E-state index is 12.4. The summed E-state index contributed by atoms with van der Waals surface area (Å²) in [7, 11) is 1.85. The number of likely N-dealkylation sites (tertiary alicyclic amines) is 1. The third-order valence-corrected chi connectivity index (χ3v) is 6.94. The molecule has 1 aliphatic carbocycles. The number of hydrogen-bond acceptors (Lipinski definition) is 4. The van der Waals surface area contributed by atoms with Crippen molar-refractivity contribution < 1.29 is 9.53 Å². The molecule has 32 heavy (non-hydrogen) atoms. The number of nitrogens with one attached hydrogen (secondary N) is 1. The maximum Gasteiger partial charge on any atom is 0.236 e. The summed E-state index contributed by atoms with van der Waals surface area (Å²) in [6.45, 7) is 7.67.